The van der Waals surface area contributed by atoms with Gasteiger partial charge in [-0.3, -0.25) is 9.69 Å². The Balaban J connectivity index is 1.45. The first-order chi connectivity index (χ1) is 19.7. The van der Waals surface area contributed by atoms with Crippen LogP contribution in [0.4, 0.5) is 10.3 Å². The Labute approximate surface area is 239 Å². The van der Waals surface area contributed by atoms with Crippen molar-refractivity contribution in [2.75, 3.05) is 30.9 Å². The number of carbonyl (C=O) groups is 1. The van der Waals surface area contributed by atoms with Crippen LogP contribution in [0, 0.1) is 13.8 Å². The molecule has 1 aliphatic carbocycles. The van der Waals surface area contributed by atoms with Gasteiger partial charge in [0.25, 0.3) is 15.9 Å². The van der Waals surface area contributed by atoms with Crippen LogP contribution in [0.1, 0.15) is 47.2 Å². The Morgan fingerprint density at radius 2 is 1.68 bits per heavy atom. The molecule has 6 bridgehead atoms. The van der Waals surface area contributed by atoms with Gasteiger partial charge in [-0.05, 0) is 68.9 Å². The zero-order chi connectivity index (χ0) is 28.7. The van der Waals surface area contributed by atoms with Crippen molar-refractivity contribution in [1.82, 2.24) is 19.8 Å². The molecule has 9 nitrogen and oxygen atoms in total. The average molecular weight is 580 g/mol. The van der Waals surface area contributed by atoms with Crippen LogP contribution in [0.3, 0.4) is 0 Å². The molecule has 1 amide bonds. The minimum absolute atomic E-state index is 0.0536. The van der Waals surface area contributed by atoms with Crippen molar-refractivity contribution in [2.45, 2.75) is 62.7 Å². The van der Waals surface area contributed by atoms with Gasteiger partial charge in [-0.2, -0.15) is 4.98 Å². The van der Waals surface area contributed by atoms with Crippen LogP contribution >= 0.6 is 0 Å². The van der Waals surface area contributed by atoms with E-state index in [0.717, 1.165) is 29.5 Å². The van der Waals surface area contributed by atoms with Crippen molar-refractivity contribution in [3.63, 3.8) is 0 Å². The number of halogens is 1. The number of fused-ring (bicyclic) bond motifs is 6. The van der Waals surface area contributed by atoms with Crippen LogP contribution in [0.2, 0.25) is 0 Å². The Morgan fingerprint density at radius 1 is 0.951 bits per heavy atom. The quantitative estimate of drug-likeness (QED) is 0.481. The van der Waals surface area contributed by atoms with Crippen molar-refractivity contribution >= 4 is 21.9 Å². The van der Waals surface area contributed by atoms with Crippen LogP contribution in [-0.4, -0.2) is 78.6 Å². The Morgan fingerprint density at radius 3 is 2.44 bits per heavy atom. The average Bonchev–Trinajstić information content (AvgIpc) is 3.15. The molecule has 2 aromatic carbocycles. The monoisotopic (exact) mass is 579 g/mol. The number of aromatic nitrogens is 2. The van der Waals surface area contributed by atoms with E-state index in [1.807, 2.05) is 32.0 Å². The lowest BCUT2D eigenvalue weighted by atomic mass is 9.92. The number of carbonyl (C=O) groups excluding carboxylic acids is 1. The van der Waals surface area contributed by atoms with Crippen LogP contribution in [0.25, 0.3) is 11.3 Å². The number of rotatable bonds is 2. The van der Waals surface area contributed by atoms with Gasteiger partial charge >= 0.3 is 0 Å². The molecule has 3 heterocycles. The largest absolute Gasteiger partial charge is 0.471 e. The van der Waals surface area contributed by atoms with Crippen molar-refractivity contribution in [1.29, 1.82) is 0 Å². The predicted molar refractivity (Wildman–Crippen MR) is 153 cm³/mol. The number of hydrogen-bond donors (Lipinski definition) is 1. The van der Waals surface area contributed by atoms with Crippen molar-refractivity contribution in [3.8, 4) is 17.1 Å². The van der Waals surface area contributed by atoms with Crippen molar-refractivity contribution in [2.24, 2.45) is 0 Å². The van der Waals surface area contributed by atoms with Gasteiger partial charge in [0.1, 0.15) is 12.3 Å². The van der Waals surface area contributed by atoms with Gasteiger partial charge < -0.3 is 9.64 Å². The molecule has 2 fully saturated rings. The van der Waals surface area contributed by atoms with Gasteiger partial charge in [0.05, 0.1) is 17.1 Å². The number of ether oxygens (including phenoxy) is 1. The molecule has 2 aliphatic heterocycles. The van der Waals surface area contributed by atoms with E-state index in [1.54, 1.807) is 23.1 Å². The molecule has 216 valence electrons. The molecule has 6 rings (SSSR count). The van der Waals surface area contributed by atoms with E-state index >= 15 is 0 Å². The lowest BCUT2D eigenvalue weighted by molar-refractivity contribution is 0.0676. The minimum Gasteiger partial charge on any atom is -0.471 e. The molecule has 3 aromatic rings. The molecule has 0 spiro atoms. The van der Waals surface area contributed by atoms with E-state index in [4.69, 9.17) is 4.74 Å². The minimum atomic E-state index is -4.10. The fourth-order valence-electron chi connectivity index (χ4n) is 6.19. The maximum Gasteiger partial charge on any atom is 0.264 e. The molecule has 1 saturated heterocycles. The number of benzene rings is 2. The van der Waals surface area contributed by atoms with Crippen LogP contribution < -0.4 is 9.46 Å². The molecular formula is C30H34FN5O4S. The highest BCUT2D eigenvalue weighted by atomic mass is 32.2. The van der Waals surface area contributed by atoms with Crippen LogP contribution in [-0.2, 0) is 10.0 Å². The third-order valence-corrected chi connectivity index (χ3v) is 9.62. The van der Waals surface area contributed by atoms with Gasteiger partial charge in [0.15, 0.2) is 0 Å². The summed E-state index contributed by atoms with van der Waals surface area (Å²) in [5.41, 5.74) is 3.64. The summed E-state index contributed by atoms with van der Waals surface area (Å²) < 4.78 is 49.7. The van der Waals surface area contributed by atoms with Gasteiger partial charge in [-0.25, -0.2) is 22.5 Å². The molecule has 1 N–H and O–H groups in total. The van der Waals surface area contributed by atoms with Gasteiger partial charge in [-0.15, -0.1) is 0 Å². The molecule has 41 heavy (non-hydrogen) atoms. The van der Waals surface area contributed by atoms with Crippen LogP contribution in [0.15, 0.2) is 53.4 Å². The number of nitrogens with zero attached hydrogens (tertiary/aromatic N) is 4. The number of aryl methyl sites for hydroxylation is 2. The van der Waals surface area contributed by atoms with E-state index in [9.17, 15) is 17.6 Å². The number of sulfonamides is 1. The first kappa shape index (κ1) is 27.6. The fourth-order valence-corrected chi connectivity index (χ4v) is 7.18. The standard InChI is InChI=1S/C30H34FN5O4S/c1-19-5-3-6-20(2)28(19)26-16-27-33-30(32-26)34-41(38,39)25-8-4-7-21(15-25)29(37)36-14-13-35(17-24(18-36)40-27)23-11-9-22(31)10-12-23/h3-8,15-16,22-24H,9-14,17-18H2,1-2H3,(H,32,33,34)/t22?,23?,24-/m1/s1. The number of alkyl halides is 1. The summed E-state index contributed by atoms with van der Waals surface area (Å²) in [5.74, 6) is -0.161. The first-order valence-electron chi connectivity index (χ1n) is 14.1. The highest BCUT2D eigenvalue weighted by Gasteiger charge is 2.34. The summed E-state index contributed by atoms with van der Waals surface area (Å²) in [4.78, 5) is 26.7. The number of hydrogen-bond acceptors (Lipinski definition) is 7. The molecule has 3 aliphatic rings. The molecule has 1 saturated carbocycles. The third kappa shape index (κ3) is 5.78. The van der Waals surface area contributed by atoms with Gasteiger partial charge in [-0.1, -0.05) is 24.3 Å². The Bertz CT molecular complexity index is 1550. The molecule has 0 radical (unpaired) electrons. The smallest absolute Gasteiger partial charge is 0.264 e. The lowest BCUT2D eigenvalue weighted by Gasteiger charge is -2.35. The summed E-state index contributed by atoms with van der Waals surface area (Å²) >= 11 is 0. The molecule has 1 atom stereocenters. The lowest BCUT2D eigenvalue weighted by Crippen LogP contribution is -2.44. The SMILES string of the molecule is Cc1cccc(C)c1-c1cc2nc(n1)NS(=O)(=O)c1cccc(c1)C(=O)N1CCN(C3CCC(F)CC3)C[C@H](C1)O2. The molecule has 0 unspecified atom stereocenters. The van der Waals surface area contributed by atoms with Crippen molar-refractivity contribution in [3.05, 3.63) is 65.2 Å². The second kappa shape index (κ2) is 11.0. The van der Waals surface area contributed by atoms with Gasteiger partial charge in [0, 0.05) is 42.9 Å². The van der Waals surface area contributed by atoms with E-state index in [0.29, 0.717) is 44.7 Å². The Hall–Kier alpha value is -3.57. The second-order valence-corrected chi connectivity index (χ2v) is 12.9. The van der Waals surface area contributed by atoms with E-state index in [-0.39, 0.29) is 34.2 Å². The topological polar surface area (TPSA) is 105 Å². The third-order valence-electron chi connectivity index (χ3n) is 8.29. The first-order valence-corrected chi connectivity index (χ1v) is 15.6. The highest BCUT2D eigenvalue weighted by molar-refractivity contribution is 7.92. The summed E-state index contributed by atoms with van der Waals surface area (Å²) in [5, 5.41) is 0. The maximum absolute atomic E-state index is 13.9. The molecule has 11 heteroatoms. The van der Waals surface area contributed by atoms with E-state index in [2.05, 4.69) is 19.6 Å². The molecule has 1 aromatic heterocycles. The summed E-state index contributed by atoms with van der Waals surface area (Å²) in [6.07, 6.45) is 1.40. The van der Waals surface area contributed by atoms with Gasteiger partial charge in [0.2, 0.25) is 11.8 Å². The highest BCUT2D eigenvalue weighted by Crippen LogP contribution is 2.31. The normalized spacial score (nSPS) is 24.6. The van der Waals surface area contributed by atoms with Crippen LogP contribution in [0.5, 0.6) is 5.88 Å². The number of nitrogens with one attached hydrogen (secondary N) is 1. The summed E-state index contributed by atoms with van der Waals surface area (Å²) in [6.45, 7) is 5.86. The zero-order valence-electron chi connectivity index (χ0n) is 23.2. The van der Waals surface area contributed by atoms with E-state index in [1.165, 1.54) is 12.1 Å². The number of anilines is 1. The predicted octanol–water partition coefficient (Wildman–Crippen LogP) is 4.36. The second-order valence-electron chi connectivity index (χ2n) is 11.2. The Kier molecular flexibility index (Phi) is 7.41. The number of amides is 1. The maximum atomic E-state index is 13.9. The van der Waals surface area contributed by atoms with Crippen molar-refractivity contribution < 1.29 is 22.3 Å². The van der Waals surface area contributed by atoms with E-state index < -0.39 is 22.3 Å². The summed E-state index contributed by atoms with van der Waals surface area (Å²) in [7, 11) is -4.10. The molecular weight excluding hydrogens is 545 g/mol. The fraction of sp³-hybridized carbons (Fsp3) is 0.433. The summed E-state index contributed by atoms with van der Waals surface area (Å²) in [6, 6.07) is 13.9. The zero-order valence-corrected chi connectivity index (χ0v) is 24.0.